The van der Waals surface area contributed by atoms with E-state index in [9.17, 15) is 9.59 Å². The van der Waals surface area contributed by atoms with Crippen molar-refractivity contribution in [3.8, 4) is 11.8 Å². The van der Waals surface area contributed by atoms with Crippen LogP contribution >= 0.6 is 0 Å². The second-order valence-corrected chi connectivity index (χ2v) is 5.23. The van der Waals surface area contributed by atoms with Gasteiger partial charge >= 0.3 is 5.97 Å². The molecule has 1 amide bonds. The van der Waals surface area contributed by atoms with Crippen molar-refractivity contribution in [1.82, 2.24) is 0 Å². The summed E-state index contributed by atoms with van der Waals surface area (Å²) in [6.07, 6.45) is 0.342. The minimum atomic E-state index is -0.510. The molecule has 0 unspecified atom stereocenters. The maximum absolute atomic E-state index is 11.9. The number of benzene rings is 2. The first-order valence-corrected chi connectivity index (χ1v) is 7.65. The van der Waals surface area contributed by atoms with E-state index in [0.29, 0.717) is 23.4 Å². The number of ether oxygens (including phenoxy) is 2. The zero-order chi connectivity index (χ0) is 18.1. The lowest BCUT2D eigenvalue weighted by molar-refractivity contribution is -0.146. The number of carbonyl (C=O) groups is 2. The van der Waals surface area contributed by atoms with Crippen molar-refractivity contribution < 1.29 is 19.1 Å². The van der Waals surface area contributed by atoms with Crippen LogP contribution in [0.5, 0.6) is 5.75 Å². The third-order valence-electron chi connectivity index (χ3n) is 3.41. The van der Waals surface area contributed by atoms with Gasteiger partial charge in [-0.25, -0.2) is 0 Å². The molecule has 0 bridgehead atoms. The maximum atomic E-state index is 11.9. The zero-order valence-electron chi connectivity index (χ0n) is 13.8. The summed E-state index contributed by atoms with van der Waals surface area (Å²) in [5, 5.41) is 11.2. The highest BCUT2D eigenvalue weighted by molar-refractivity contribution is 5.92. The molecular formula is C19H18N2O4. The van der Waals surface area contributed by atoms with Crippen molar-refractivity contribution in [1.29, 1.82) is 5.26 Å². The van der Waals surface area contributed by atoms with Gasteiger partial charge in [0.1, 0.15) is 5.75 Å². The summed E-state index contributed by atoms with van der Waals surface area (Å²) < 4.78 is 10.2. The summed E-state index contributed by atoms with van der Waals surface area (Å²) in [6.45, 7) is -0.367. The van der Waals surface area contributed by atoms with Crippen molar-refractivity contribution in [3.63, 3.8) is 0 Å². The highest BCUT2D eigenvalue weighted by atomic mass is 16.5. The Hall–Kier alpha value is -3.33. The molecule has 1 N–H and O–H groups in total. The average molecular weight is 338 g/mol. The van der Waals surface area contributed by atoms with Crippen LogP contribution in [0.1, 0.15) is 11.1 Å². The molecule has 0 aromatic heterocycles. The first-order valence-electron chi connectivity index (χ1n) is 7.65. The number of nitriles is 1. The Morgan fingerprint density at radius 2 is 1.84 bits per heavy atom. The van der Waals surface area contributed by atoms with Crippen LogP contribution in [0.2, 0.25) is 0 Å². The topological polar surface area (TPSA) is 88.4 Å². The molecule has 0 atom stereocenters. The number of hydrogen-bond acceptors (Lipinski definition) is 5. The molecule has 6 heteroatoms. The molecule has 25 heavy (non-hydrogen) atoms. The highest BCUT2D eigenvalue weighted by Crippen LogP contribution is 2.18. The lowest BCUT2D eigenvalue weighted by Crippen LogP contribution is -2.21. The van der Waals surface area contributed by atoms with E-state index in [0.717, 1.165) is 5.56 Å². The fourth-order valence-electron chi connectivity index (χ4n) is 2.20. The van der Waals surface area contributed by atoms with E-state index in [1.165, 1.54) is 7.11 Å². The number of methoxy groups -OCH3 is 1. The molecule has 0 aliphatic heterocycles. The number of anilines is 1. The number of rotatable bonds is 7. The Morgan fingerprint density at radius 1 is 1.12 bits per heavy atom. The van der Waals surface area contributed by atoms with E-state index in [-0.39, 0.29) is 13.0 Å². The third kappa shape index (κ3) is 5.66. The van der Waals surface area contributed by atoms with E-state index in [2.05, 4.69) is 11.4 Å². The third-order valence-corrected chi connectivity index (χ3v) is 3.41. The van der Waals surface area contributed by atoms with Crippen molar-refractivity contribution >= 4 is 17.6 Å². The van der Waals surface area contributed by atoms with Gasteiger partial charge in [-0.05, 0) is 23.8 Å². The quantitative estimate of drug-likeness (QED) is 0.784. The summed E-state index contributed by atoms with van der Waals surface area (Å²) >= 11 is 0. The van der Waals surface area contributed by atoms with Crippen LogP contribution in [0.25, 0.3) is 0 Å². The number of para-hydroxylation sites is 1. The molecule has 2 rings (SSSR count). The average Bonchev–Trinajstić information content (AvgIpc) is 2.62. The SMILES string of the molecule is COc1ccccc1CC(=O)OCC(=O)Nc1ccc(CC#N)cc1. The number of esters is 1. The molecule has 128 valence electrons. The first kappa shape index (κ1) is 18.0. The second-order valence-electron chi connectivity index (χ2n) is 5.23. The smallest absolute Gasteiger partial charge is 0.310 e. The standard InChI is InChI=1S/C19H18N2O4/c1-24-17-5-3-2-4-15(17)12-19(23)25-13-18(22)21-16-8-6-14(7-9-16)10-11-20/h2-9H,10,12-13H2,1H3,(H,21,22). The molecule has 2 aromatic rings. The van der Waals surface area contributed by atoms with Crippen LogP contribution in [-0.4, -0.2) is 25.6 Å². The van der Waals surface area contributed by atoms with Crippen molar-refractivity contribution in [3.05, 3.63) is 59.7 Å². The molecule has 0 heterocycles. The Balaban J connectivity index is 1.81. The number of hydrogen-bond donors (Lipinski definition) is 1. The highest BCUT2D eigenvalue weighted by Gasteiger charge is 2.11. The van der Waals surface area contributed by atoms with Crippen LogP contribution < -0.4 is 10.1 Å². The van der Waals surface area contributed by atoms with Crippen molar-refractivity contribution in [2.24, 2.45) is 0 Å². The molecule has 0 aliphatic rings. The fourth-order valence-corrected chi connectivity index (χ4v) is 2.20. The van der Waals surface area contributed by atoms with Crippen molar-refractivity contribution in [2.45, 2.75) is 12.8 Å². The predicted octanol–water partition coefficient (Wildman–Crippen LogP) is 2.49. The minimum Gasteiger partial charge on any atom is -0.496 e. The molecule has 6 nitrogen and oxygen atoms in total. The first-order chi connectivity index (χ1) is 12.1. The van der Waals surface area contributed by atoms with E-state index in [1.807, 2.05) is 6.07 Å². The molecule has 0 fully saturated rings. The van der Waals surface area contributed by atoms with Gasteiger partial charge in [-0.2, -0.15) is 5.26 Å². The van der Waals surface area contributed by atoms with E-state index >= 15 is 0 Å². The second kappa shape index (κ2) is 9.08. The van der Waals surface area contributed by atoms with Crippen LogP contribution in [0.4, 0.5) is 5.69 Å². The van der Waals surface area contributed by atoms with Gasteiger partial charge in [0.05, 0.1) is 26.0 Å². The van der Waals surface area contributed by atoms with Crippen LogP contribution in [0.15, 0.2) is 48.5 Å². The summed E-state index contributed by atoms with van der Waals surface area (Å²) in [5.74, 6) is -0.341. The number of nitrogens with zero attached hydrogens (tertiary/aromatic N) is 1. The predicted molar refractivity (Wildman–Crippen MR) is 92.0 cm³/mol. The molecule has 0 radical (unpaired) electrons. The zero-order valence-corrected chi connectivity index (χ0v) is 13.8. The monoisotopic (exact) mass is 338 g/mol. The lowest BCUT2D eigenvalue weighted by atomic mass is 10.1. The van der Waals surface area contributed by atoms with Gasteiger partial charge in [0.2, 0.25) is 0 Å². The summed E-state index contributed by atoms with van der Waals surface area (Å²) in [6, 6.07) is 16.1. The minimum absolute atomic E-state index is 0.0279. The van der Waals surface area contributed by atoms with Gasteiger partial charge in [-0.3, -0.25) is 9.59 Å². The van der Waals surface area contributed by atoms with Gasteiger partial charge in [-0.15, -0.1) is 0 Å². The largest absolute Gasteiger partial charge is 0.496 e. The Labute approximate surface area is 146 Å². The number of amides is 1. The lowest BCUT2D eigenvalue weighted by Gasteiger charge is -2.09. The van der Waals surface area contributed by atoms with Gasteiger partial charge < -0.3 is 14.8 Å². The molecular weight excluding hydrogens is 320 g/mol. The molecule has 2 aromatic carbocycles. The Kier molecular flexibility index (Phi) is 6.55. The molecule has 0 saturated heterocycles. The van der Waals surface area contributed by atoms with E-state index < -0.39 is 11.9 Å². The van der Waals surface area contributed by atoms with Crippen molar-refractivity contribution in [2.75, 3.05) is 19.0 Å². The molecule has 0 spiro atoms. The molecule has 0 aliphatic carbocycles. The van der Waals surface area contributed by atoms with Crippen LogP contribution in [0.3, 0.4) is 0 Å². The maximum Gasteiger partial charge on any atom is 0.310 e. The summed E-state index contributed by atoms with van der Waals surface area (Å²) in [5.41, 5.74) is 2.14. The van der Waals surface area contributed by atoms with Crippen LogP contribution in [0, 0.1) is 11.3 Å². The summed E-state index contributed by atoms with van der Waals surface area (Å²) in [4.78, 5) is 23.7. The Bertz CT molecular complexity index is 779. The van der Waals surface area contributed by atoms with Crippen LogP contribution in [-0.2, 0) is 27.2 Å². The number of carbonyl (C=O) groups excluding carboxylic acids is 2. The van der Waals surface area contributed by atoms with Gasteiger partial charge in [0.15, 0.2) is 6.61 Å². The van der Waals surface area contributed by atoms with E-state index in [1.54, 1.807) is 42.5 Å². The number of nitrogens with one attached hydrogen (secondary N) is 1. The summed E-state index contributed by atoms with van der Waals surface area (Å²) in [7, 11) is 1.53. The van der Waals surface area contributed by atoms with Gasteiger partial charge in [0, 0.05) is 11.3 Å². The van der Waals surface area contributed by atoms with Gasteiger partial charge in [0.25, 0.3) is 5.91 Å². The van der Waals surface area contributed by atoms with Gasteiger partial charge in [-0.1, -0.05) is 30.3 Å². The normalized spacial score (nSPS) is 9.76. The van der Waals surface area contributed by atoms with E-state index in [4.69, 9.17) is 14.7 Å². The Morgan fingerprint density at radius 3 is 2.52 bits per heavy atom. The fraction of sp³-hybridized carbons (Fsp3) is 0.211. The molecule has 0 saturated carbocycles.